The van der Waals surface area contributed by atoms with E-state index in [1.807, 2.05) is 55.5 Å². The third kappa shape index (κ3) is 4.97. The summed E-state index contributed by atoms with van der Waals surface area (Å²) in [6.45, 7) is 4.07. The monoisotopic (exact) mass is 302 g/mol. The van der Waals surface area contributed by atoms with Crippen molar-refractivity contribution >= 4 is 0 Å². The fraction of sp³-hybridized carbons (Fsp3) is 0.333. The lowest BCUT2D eigenvalue weighted by atomic mass is 10.2. The molecule has 0 bridgehead atoms. The molecule has 4 nitrogen and oxygen atoms in total. The van der Waals surface area contributed by atoms with Crippen molar-refractivity contribution in [1.29, 1.82) is 0 Å². The number of para-hydroxylation sites is 3. The summed E-state index contributed by atoms with van der Waals surface area (Å²) >= 11 is 0. The summed E-state index contributed by atoms with van der Waals surface area (Å²) in [6.07, 6.45) is 0. The Hall–Kier alpha value is -2.20. The Morgan fingerprint density at radius 2 is 1.23 bits per heavy atom. The van der Waals surface area contributed by atoms with Gasteiger partial charge in [-0.05, 0) is 30.7 Å². The smallest absolute Gasteiger partial charge is 0.161 e. The minimum atomic E-state index is 0.477. The Morgan fingerprint density at radius 3 is 1.86 bits per heavy atom. The molecule has 0 amide bonds. The topological polar surface area (TPSA) is 36.9 Å². The van der Waals surface area contributed by atoms with Crippen molar-refractivity contribution < 1.29 is 18.9 Å². The van der Waals surface area contributed by atoms with Gasteiger partial charge < -0.3 is 18.9 Å². The molecule has 0 aromatic heterocycles. The maximum absolute atomic E-state index is 5.65. The van der Waals surface area contributed by atoms with Gasteiger partial charge in [0.2, 0.25) is 0 Å². The van der Waals surface area contributed by atoms with E-state index in [0.717, 1.165) is 22.8 Å². The summed E-state index contributed by atoms with van der Waals surface area (Å²) in [6, 6.07) is 15.5. The van der Waals surface area contributed by atoms with Gasteiger partial charge in [0.25, 0.3) is 0 Å². The molecule has 0 radical (unpaired) electrons. The summed E-state index contributed by atoms with van der Waals surface area (Å²) in [5.41, 5.74) is 1.13. The van der Waals surface area contributed by atoms with Gasteiger partial charge >= 0.3 is 0 Å². The van der Waals surface area contributed by atoms with E-state index >= 15 is 0 Å². The van der Waals surface area contributed by atoms with Crippen LogP contribution < -0.4 is 14.2 Å². The molecular weight excluding hydrogens is 280 g/mol. The number of methoxy groups -OCH3 is 1. The minimum absolute atomic E-state index is 0.477. The molecule has 0 aliphatic heterocycles. The van der Waals surface area contributed by atoms with Crippen LogP contribution in [0.2, 0.25) is 0 Å². The molecule has 0 heterocycles. The first-order chi connectivity index (χ1) is 10.8. The molecule has 0 aliphatic carbocycles. The Morgan fingerprint density at radius 1 is 0.682 bits per heavy atom. The van der Waals surface area contributed by atoms with Crippen LogP contribution in [0.25, 0.3) is 0 Å². The zero-order chi connectivity index (χ0) is 15.6. The first kappa shape index (κ1) is 16.2. The van der Waals surface area contributed by atoms with Crippen LogP contribution in [0.1, 0.15) is 5.56 Å². The fourth-order valence-corrected chi connectivity index (χ4v) is 1.98. The minimum Gasteiger partial charge on any atom is -0.493 e. The van der Waals surface area contributed by atoms with E-state index in [9.17, 15) is 0 Å². The van der Waals surface area contributed by atoms with Gasteiger partial charge in [-0.2, -0.15) is 0 Å². The van der Waals surface area contributed by atoms with Crippen LogP contribution in [0, 0.1) is 6.92 Å². The van der Waals surface area contributed by atoms with Gasteiger partial charge in [-0.3, -0.25) is 0 Å². The quantitative estimate of drug-likeness (QED) is 0.665. The fourth-order valence-electron chi connectivity index (χ4n) is 1.98. The molecular formula is C18H22O4. The second kappa shape index (κ2) is 8.95. The number of rotatable bonds is 9. The van der Waals surface area contributed by atoms with Crippen LogP contribution in [-0.2, 0) is 4.74 Å². The number of hydrogen-bond donors (Lipinski definition) is 0. The molecule has 0 saturated heterocycles. The predicted molar refractivity (Wildman–Crippen MR) is 86.0 cm³/mol. The lowest BCUT2D eigenvalue weighted by Crippen LogP contribution is -2.12. The molecule has 0 atom stereocenters. The van der Waals surface area contributed by atoms with Crippen molar-refractivity contribution in [2.24, 2.45) is 0 Å². The van der Waals surface area contributed by atoms with Gasteiger partial charge in [0, 0.05) is 0 Å². The molecule has 0 spiro atoms. The van der Waals surface area contributed by atoms with Crippen molar-refractivity contribution in [1.82, 2.24) is 0 Å². The highest BCUT2D eigenvalue weighted by Crippen LogP contribution is 2.25. The molecule has 0 N–H and O–H groups in total. The Bertz CT molecular complexity index is 569. The van der Waals surface area contributed by atoms with E-state index in [-0.39, 0.29) is 0 Å². The van der Waals surface area contributed by atoms with E-state index in [1.165, 1.54) is 0 Å². The maximum atomic E-state index is 5.65. The van der Waals surface area contributed by atoms with Crippen molar-refractivity contribution in [3.63, 3.8) is 0 Å². The molecule has 118 valence electrons. The van der Waals surface area contributed by atoms with Gasteiger partial charge in [-0.25, -0.2) is 0 Å². The molecule has 4 heteroatoms. The van der Waals surface area contributed by atoms with Crippen molar-refractivity contribution in [3.8, 4) is 17.2 Å². The molecule has 0 unspecified atom stereocenters. The molecule has 0 aliphatic rings. The van der Waals surface area contributed by atoms with E-state index < -0.39 is 0 Å². The van der Waals surface area contributed by atoms with E-state index in [4.69, 9.17) is 18.9 Å². The summed E-state index contributed by atoms with van der Waals surface area (Å²) in [7, 11) is 1.63. The molecule has 0 fully saturated rings. The average Bonchev–Trinajstić information content (AvgIpc) is 2.56. The van der Waals surface area contributed by atoms with E-state index in [2.05, 4.69) is 0 Å². The van der Waals surface area contributed by atoms with Crippen LogP contribution in [0.3, 0.4) is 0 Å². The first-order valence-corrected chi connectivity index (χ1v) is 7.33. The molecule has 2 aromatic rings. The van der Waals surface area contributed by atoms with E-state index in [0.29, 0.717) is 26.4 Å². The predicted octanol–water partition coefficient (Wildman–Crippen LogP) is 3.48. The van der Waals surface area contributed by atoms with Gasteiger partial charge in [0.05, 0.1) is 20.3 Å². The van der Waals surface area contributed by atoms with Crippen molar-refractivity contribution in [3.05, 3.63) is 54.1 Å². The van der Waals surface area contributed by atoms with Crippen LogP contribution >= 0.6 is 0 Å². The van der Waals surface area contributed by atoms with Gasteiger partial charge in [0.15, 0.2) is 11.5 Å². The third-order valence-corrected chi connectivity index (χ3v) is 3.13. The highest BCUT2D eigenvalue weighted by Gasteiger charge is 2.02. The lowest BCUT2D eigenvalue weighted by Gasteiger charge is -2.11. The zero-order valence-corrected chi connectivity index (χ0v) is 13.1. The molecule has 2 aromatic carbocycles. The average molecular weight is 302 g/mol. The van der Waals surface area contributed by atoms with Gasteiger partial charge in [-0.15, -0.1) is 0 Å². The standard InChI is InChI=1S/C18H22O4/c1-15-7-3-4-8-16(15)21-13-11-20-12-14-22-18-10-6-5-9-17(18)19-2/h3-10H,11-14H2,1-2H3. The highest BCUT2D eigenvalue weighted by molar-refractivity contribution is 5.39. The Kier molecular flexibility index (Phi) is 6.58. The second-order valence-electron chi connectivity index (χ2n) is 4.73. The van der Waals surface area contributed by atoms with Crippen molar-refractivity contribution in [2.45, 2.75) is 6.92 Å². The third-order valence-electron chi connectivity index (χ3n) is 3.13. The maximum Gasteiger partial charge on any atom is 0.161 e. The number of benzene rings is 2. The van der Waals surface area contributed by atoms with Crippen LogP contribution in [0.15, 0.2) is 48.5 Å². The molecule has 2 rings (SSSR count). The van der Waals surface area contributed by atoms with Crippen LogP contribution in [-0.4, -0.2) is 33.5 Å². The van der Waals surface area contributed by atoms with Crippen molar-refractivity contribution in [2.75, 3.05) is 33.5 Å². The number of ether oxygens (including phenoxy) is 4. The SMILES string of the molecule is COc1ccccc1OCCOCCOc1ccccc1C. The first-order valence-electron chi connectivity index (χ1n) is 7.33. The number of aryl methyl sites for hydroxylation is 1. The highest BCUT2D eigenvalue weighted by atomic mass is 16.6. The number of hydrogen-bond acceptors (Lipinski definition) is 4. The van der Waals surface area contributed by atoms with Gasteiger partial charge in [0.1, 0.15) is 19.0 Å². The largest absolute Gasteiger partial charge is 0.493 e. The molecule has 22 heavy (non-hydrogen) atoms. The van der Waals surface area contributed by atoms with Crippen LogP contribution in [0.4, 0.5) is 0 Å². The molecule has 0 saturated carbocycles. The Labute approximate surface area is 131 Å². The Balaban J connectivity index is 1.59. The summed E-state index contributed by atoms with van der Waals surface area (Å²) in [5, 5.41) is 0. The van der Waals surface area contributed by atoms with Crippen LogP contribution in [0.5, 0.6) is 17.2 Å². The summed E-state index contributed by atoms with van der Waals surface area (Å²) in [4.78, 5) is 0. The summed E-state index contributed by atoms with van der Waals surface area (Å²) in [5.74, 6) is 2.35. The zero-order valence-electron chi connectivity index (χ0n) is 13.1. The van der Waals surface area contributed by atoms with Gasteiger partial charge in [-0.1, -0.05) is 30.3 Å². The van der Waals surface area contributed by atoms with E-state index in [1.54, 1.807) is 7.11 Å². The summed E-state index contributed by atoms with van der Waals surface area (Å²) < 4.78 is 22.0. The normalized spacial score (nSPS) is 10.3. The second-order valence-corrected chi connectivity index (χ2v) is 4.73. The lowest BCUT2D eigenvalue weighted by molar-refractivity contribution is 0.0756.